The van der Waals surface area contributed by atoms with E-state index in [1.165, 1.54) is 12.8 Å². The lowest BCUT2D eigenvalue weighted by Crippen LogP contribution is -2.45. The zero-order valence-electron chi connectivity index (χ0n) is 21.9. The molecule has 9 nitrogen and oxygen atoms in total. The standard InChI is InChI=1S/C27H36N6O3/c1-26(2)16-33(18-8-6-7-9-18)22-20(32(4)24(26)35)15-28-25(30-22)29-19-11-10-17(14-21(19)36-5)23(34)31-27(3)12-13-27/h10-11,14-15,18H,6-9,12-13,16H2,1-5H3,(H,31,34)(H,28,29,30). The summed E-state index contributed by atoms with van der Waals surface area (Å²) < 4.78 is 5.59. The maximum atomic E-state index is 13.2. The van der Waals surface area contributed by atoms with Gasteiger partial charge in [0, 0.05) is 30.7 Å². The molecule has 2 fully saturated rings. The Balaban J connectivity index is 1.45. The Bertz CT molecular complexity index is 1190. The van der Waals surface area contributed by atoms with Gasteiger partial charge in [0.2, 0.25) is 11.9 Å². The number of amides is 2. The van der Waals surface area contributed by atoms with Gasteiger partial charge < -0.3 is 25.2 Å². The minimum absolute atomic E-state index is 0.0594. The molecule has 0 unspecified atom stereocenters. The molecule has 0 saturated heterocycles. The van der Waals surface area contributed by atoms with E-state index in [0.29, 0.717) is 35.5 Å². The van der Waals surface area contributed by atoms with E-state index in [2.05, 4.69) is 27.4 Å². The van der Waals surface area contributed by atoms with Crippen LogP contribution in [0.15, 0.2) is 24.4 Å². The number of nitrogens with one attached hydrogen (secondary N) is 2. The van der Waals surface area contributed by atoms with Gasteiger partial charge >= 0.3 is 0 Å². The molecule has 2 aliphatic carbocycles. The second-order valence-electron chi connectivity index (χ2n) is 11.3. The van der Waals surface area contributed by atoms with Crippen molar-refractivity contribution in [2.24, 2.45) is 5.41 Å². The molecule has 0 spiro atoms. The molecule has 2 N–H and O–H groups in total. The van der Waals surface area contributed by atoms with Gasteiger partial charge in [-0.25, -0.2) is 4.98 Å². The summed E-state index contributed by atoms with van der Waals surface area (Å²) >= 11 is 0. The average molecular weight is 493 g/mol. The molecule has 192 valence electrons. The van der Waals surface area contributed by atoms with Crippen LogP contribution in [0.5, 0.6) is 5.75 Å². The number of benzene rings is 1. The van der Waals surface area contributed by atoms with E-state index in [1.54, 1.807) is 37.4 Å². The SMILES string of the molecule is COc1cc(C(=O)NC2(C)CC2)ccc1Nc1ncc2c(n1)N(C1CCCC1)CC(C)(C)C(=O)N2C. The summed E-state index contributed by atoms with van der Waals surface area (Å²) in [4.78, 5) is 39.3. The number of carbonyl (C=O) groups is 2. The molecule has 1 aromatic heterocycles. The molecule has 2 saturated carbocycles. The number of fused-ring (bicyclic) bond motifs is 1. The number of nitrogens with zero attached hydrogens (tertiary/aromatic N) is 4. The molecular formula is C27H36N6O3. The maximum Gasteiger partial charge on any atom is 0.251 e. The number of ether oxygens (including phenoxy) is 1. The molecule has 5 rings (SSSR count). The van der Waals surface area contributed by atoms with Crippen LogP contribution in [0.25, 0.3) is 0 Å². The first-order valence-electron chi connectivity index (χ1n) is 12.8. The molecular weight excluding hydrogens is 456 g/mol. The first-order valence-corrected chi connectivity index (χ1v) is 12.8. The van der Waals surface area contributed by atoms with E-state index in [4.69, 9.17) is 9.72 Å². The van der Waals surface area contributed by atoms with Gasteiger partial charge in [0.15, 0.2) is 5.82 Å². The third-order valence-corrected chi connectivity index (χ3v) is 7.72. The minimum atomic E-state index is -0.539. The molecule has 2 heterocycles. The fraction of sp³-hybridized carbons (Fsp3) is 0.556. The summed E-state index contributed by atoms with van der Waals surface area (Å²) in [5.74, 6) is 1.67. The van der Waals surface area contributed by atoms with Crippen molar-refractivity contribution < 1.29 is 14.3 Å². The number of aromatic nitrogens is 2. The number of carbonyl (C=O) groups excluding carboxylic acids is 2. The summed E-state index contributed by atoms with van der Waals surface area (Å²) in [5, 5.41) is 6.35. The van der Waals surface area contributed by atoms with Crippen molar-refractivity contribution in [1.82, 2.24) is 15.3 Å². The van der Waals surface area contributed by atoms with Gasteiger partial charge in [0.05, 0.1) is 24.4 Å². The largest absolute Gasteiger partial charge is 0.495 e. The first kappa shape index (κ1) is 24.3. The molecule has 1 aliphatic heterocycles. The summed E-state index contributed by atoms with van der Waals surface area (Å²) in [5.41, 5.74) is 1.30. The summed E-state index contributed by atoms with van der Waals surface area (Å²) in [6, 6.07) is 5.67. The van der Waals surface area contributed by atoms with Gasteiger partial charge in [-0.05, 0) is 64.7 Å². The second-order valence-corrected chi connectivity index (χ2v) is 11.3. The smallest absolute Gasteiger partial charge is 0.251 e. The van der Waals surface area contributed by atoms with Gasteiger partial charge in [-0.1, -0.05) is 12.8 Å². The van der Waals surface area contributed by atoms with E-state index in [1.807, 2.05) is 19.9 Å². The van der Waals surface area contributed by atoms with Crippen LogP contribution in [0.2, 0.25) is 0 Å². The third-order valence-electron chi connectivity index (χ3n) is 7.72. The highest BCUT2D eigenvalue weighted by Gasteiger charge is 2.42. The number of methoxy groups -OCH3 is 1. The van der Waals surface area contributed by atoms with Crippen LogP contribution in [0.3, 0.4) is 0 Å². The molecule has 0 radical (unpaired) electrons. The Labute approximate surface area is 212 Å². The highest BCUT2D eigenvalue weighted by molar-refractivity contribution is 6.01. The van der Waals surface area contributed by atoms with Gasteiger partial charge in [-0.2, -0.15) is 4.98 Å². The zero-order chi connectivity index (χ0) is 25.7. The van der Waals surface area contributed by atoms with Crippen LogP contribution in [-0.4, -0.2) is 54.1 Å². The zero-order valence-corrected chi connectivity index (χ0v) is 21.9. The number of hydrogen-bond acceptors (Lipinski definition) is 7. The molecule has 2 aromatic rings. The van der Waals surface area contributed by atoms with Crippen LogP contribution in [0, 0.1) is 5.41 Å². The number of rotatable bonds is 6. The van der Waals surface area contributed by atoms with Crippen LogP contribution in [0.4, 0.5) is 23.1 Å². The lowest BCUT2D eigenvalue weighted by Gasteiger charge is -2.34. The first-order chi connectivity index (χ1) is 17.1. The van der Waals surface area contributed by atoms with Crippen molar-refractivity contribution in [2.75, 3.05) is 35.8 Å². The predicted molar refractivity (Wildman–Crippen MR) is 140 cm³/mol. The normalized spacial score (nSPS) is 20.5. The van der Waals surface area contributed by atoms with E-state index in [9.17, 15) is 9.59 Å². The Kier molecular flexibility index (Phi) is 6.04. The molecule has 36 heavy (non-hydrogen) atoms. The average Bonchev–Trinajstić information content (AvgIpc) is 3.35. The quantitative estimate of drug-likeness (QED) is 0.621. The Morgan fingerprint density at radius 2 is 1.89 bits per heavy atom. The fourth-order valence-corrected chi connectivity index (χ4v) is 5.24. The van der Waals surface area contributed by atoms with Crippen molar-refractivity contribution in [3.63, 3.8) is 0 Å². The van der Waals surface area contributed by atoms with Crippen LogP contribution >= 0.6 is 0 Å². The summed E-state index contributed by atoms with van der Waals surface area (Å²) in [6.45, 7) is 6.65. The maximum absolute atomic E-state index is 13.2. The van der Waals surface area contributed by atoms with E-state index in [-0.39, 0.29) is 17.4 Å². The number of hydrogen-bond donors (Lipinski definition) is 2. The number of anilines is 4. The monoisotopic (exact) mass is 492 g/mol. The van der Waals surface area contributed by atoms with Gasteiger partial charge in [0.1, 0.15) is 11.4 Å². The van der Waals surface area contributed by atoms with Gasteiger partial charge in [-0.15, -0.1) is 0 Å². The van der Waals surface area contributed by atoms with Crippen molar-refractivity contribution in [3.05, 3.63) is 30.0 Å². The van der Waals surface area contributed by atoms with E-state index < -0.39 is 5.41 Å². The van der Waals surface area contributed by atoms with E-state index in [0.717, 1.165) is 37.2 Å². The lowest BCUT2D eigenvalue weighted by molar-refractivity contribution is -0.125. The highest BCUT2D eigenvalue weighted by atomic mass is 16.5. The van der Waals surface area contributed by atoms with Gasteiger partial charge in [0.25, 0.3) is 5.91 Å². The van der Waals surface area contributed by atoms with Crippen LogP contribution < -0.4 is 25.2 Å². The van der Waals surface area contributed by atoms with Crippen LogP contribution in [0.1, 0.15) is 69.7 Å². The topological polar surface area (TPSA) is 99.7 Å². The lowest BCUT2D eigenvalue weighted by atomic mass is 9.91. The second kappa shape index (κ2) is 8.94. The Morgan fingerprint density at radius 1 is 1.17 bits per heavy atom. The van der Waals surface area contributed by atoms with Crippen molar-refractivity contribution >= 4 is 35.0 Å². The fourth-order valence-electron chi connectivity index (χ4n) is 5.24. The third kappa shape index (κ3) is 4.58. The minimum Gasteiger partial charge on any atom is -0.495 e. The molecule has 9 heteroatoms. The molecule has 0 atom stereocenters. The highest BCUT2D eigenvalue weighted by Crippen LogP contribution is 2.41. The molecule has 1 aromatic carbocycles. The molecule has 3 aliphatic rings. The summed E-state index contributed by atoms with van der Waals surface area (Å²) in [6.07, 6.45) is 8.28. The van der Waals surface area contributed by atoms with E-state index >= 15 is 0 Å². The van der Waals surface area contributed by atoms with Gasteiger partial charge in [-0.3, -0.25) is 9.59 Å². The Morgan fingerprint density at radius 3 is 2.56 bits per heavy atom. The predicted octanol–water partition coefficient (Wildman–Crippen LogP) is 4.26. The van der Waals surface area contributed by atoms with Crippen molar-refractivity contribution in [2.45, 2.75) is 70.9 Å². The summed E-state index contributed by atoms with van der Waals surface area (Å²) in [7, 11) is 3.37. The van der Waals surface area contributed by atoms with Crippen molar-refractivity contribution in [3.8, 4) is 5.75 Å². The molecule has 0 bridgehead atoms. The van der Waals surface area contributed by atoms with Crippen molar-refractivity contribution in [1.29, 1.82) is 0 Å². The van der Waals surface area contributed by atoms with Crippen LogP contribution in [-0.2, 0) is 4.79 Å². The Hall–Kier alpha value is -3.36. The molecule has 2 amide bonds.